The molecule has 2 N–H and O–H groups in total. The Balaban J connectivity index is 1.35. The molecule has 1 saturated heterocycles. The summed E-state index contributed by atoms with van der Waals surface area (Å²) >= 11 is 0. The Hall–Kier alpha value is -3.38. The van der Waals surface area contributed by atoms with Gasteiger partial charge in [0.05, 0.1) is 6.04 Å². The molecule has 3 aromatic rings. The molecule has 0 aromatic heterocycles. The van der Waals surface area contributed by atoms with Gasteiger partial charge >= 0.3 is 0 Å². The predicted molar refractivity (Wildman–Crippen MR) is 138 cm³/mol. The zero-order valence-electron chi connectivity index (χ0n) is 20.6. The maximum absolute atomic E-state index is 13.4. The highest BCUT2D eigenvalue weighted by molar-refractivity contribution is 5.94. The second kappa shape index (κ2) is 10.7. The van der Waals surface area contributed by atoms with Crippen LogP contribution in [0.15, 0.2) is 66.7 Å². The number of phenolic OH excluding ortho intramolecular Hbond substituents is 1. The van der Waals surface area contributed by atoms with Crippen molar-refractivity contribution in [1.82, 2.24) is 10.2 Å². The van der Waals surface area contributed by atoms with E-state index >= 15 is 0 Å². The number of hydrogen-bond donors (Lipinski definition) is 2. The van der Waals surface area contributed by atoms with E-state index in [2.05, 4.69) is 24.4 Å². The largest absolute Gasteiger partial charge is 0.508 e. The van der Waals surface area contributed by atoms with Gasteiger partial charge in [0.25, 0.3) is 5.91 Å². The smallest absolute Gasteiger partial charge is 0.254 e. The van der Waals surface area contributed by atoms with E-state index in [1.807, 2.05) is 23.1 Å². The molecule has 36 heavy (non-hydrogen) atoms. The van der Waals surface area contributed by atoms with Gasteiger partial charge in [0.15, 0.2) is 0 Å². The number of nitrogens with one attached hydrogen (secondary N) is 1. The molecule has 6 heteroatoms. The second-order valence-electron chi connectivity index (χ2n) is 9.88. The van der Waals surface area contributed by atoms with Gasteiger partial charge < -0.3 is 20.1 Å². The van der Waals surface area contributed by atoms with E-state index in [1.165, 1.54) is 37.1 Å². The van der Waals surface area contributed by atoms with Crippen molar-refractivity contribution < 1.29 is 19.0 Å². The fourth-order valence-corrected chi connectivity index (χ4v) is 5.42. The Morgan fingerprint density at radius 3 is 2.61 bits per heavy atom. The molecular weight excluding hydrogens is 455 g/mol. The van der Waals surface area contributed by atoms with E-state index in [-0.39, 0.29) is 29.6 Å². The van der Waals surface area contributed by atoms with Crippen LogP contribution in [0.1, 0.15) is 59.3 Å². The van der Waals surface area contributed by atoms with Crippen LogP contribution < -0.4 is 10.1 Å². The van der Waals surface area contributed by atoms with Crippen molar-refractivity contribution in [3.8, 4) is 11.5 Å². The molecule has 1 amide bonds. The summed E-state index contributed by atoms with van der Waals surface area (Å²) in [6.07, 6.45) is 4.98. The molecule has 1 fully saturated rings. The molecule has 3 atom stereocenters. The molecule has 0 saturated carbocycles. The number of aromatic hydroxyl groups is 1. The Morgan fingerprint density at radius 1 is 1.11 bits per heavy atom. The topological polar surface area (TPSA) is 61.8 Å². The van der Waals surface area contributed by atoms with Crippen LogP contribution in [-0.4, -0.2) is 41.1 Å². The lowest BCUT2D eigenvalue weighted by atomic mass is 9.88. The second-order valence-corrected chi connectivity index (χ2v) is 9.88. The fourth-order valence-electron chi connectivity index (χ4n) is 5.42. The predicted octanol–water partition coefficient (Wildman–Crippen LogP) is 5.42. The van der Waals surface area contributed by atoms with Gasteiger partial charge in [0.2, 0.25) is 0 Å². The van der Waals surface area contributed by atoms with Gasteiger partial charge in [-0.2, -0.15) is 0 Å². The molecule has 3 unspecified atom stereocenters. The SMILES string of the molecule is CC(Oc1ccc(CC2c3ccc(O)cc3CCN2C(=O)c2ccc(F)cc2)cc1)C1CCCCN1. The zero-order chi connectivity index (χ0) is 25.1. The molecule has 5 rings (SSSR count). The number of halogens is 1. The lowest BCUT2D eigenvalue weighted by Crippen LogP contribution is -2.44. The minimum Gasteiger partial charge on any atom is -0.508 e. The first-order valence-electron chi connectivity index (χ1n) is 12.9. The summed E-state index contributed by atoms with van der Waals surface area (Å²) in [6.45, 7) is 3.69. The summed E-state index contributed by atoms with van der Waals surface area (Å²) < 4.78 is 19.7. The molecule has 0 spiro atoms. The standard InChI is InChI=1S/C30H33FN2O3/c1-20(28-4-2-3-16-32-28)36-26-12-5-21(6-13-26)18-29-27-14-11-25(34)19-23(27)15-17-33(29)30(35)22-7-9-24(31)10-8-22/h5-14,19-20,28-29,32,34H,2-4,15-18H2,1H3. The van der Waals surface area contributed by atoms with Crippen LogP contribution in [0.25, 0.3) is 0 Å². The van der Waals surface area contributed by atoms with Crippen LogP contribution in [-0.2, 0) is 12.8 Å². The summed E-state index contributed by atoms with van der Waals surface area (Å²) in [6, 6.07) is 19.4. The number of carbonyl (C=O) groups is 1. The summed E-state index contributed by atoms with van der Waals surface area (Å²) in [5.41, 5.74) is 3.65. The van der Waals surface area contributed by atoms with E-state index in [0.29, 0.717) is 31.0 Å². The van der Waals surface area contributed by atoms with Crippen molar-refractivity contribution in [1.29, 1.82) is 0 Å². The average Bonchev–Trinajstić information content (AvgIpc) is 2.90. The molecule has 0 radical (unpaired) electrons. The third kappa shape index (κ3) is 5.39. The van der Waals surface area contributed by atoms with Crippen LogP contribution in [0.4, 0.5) is 4.39 Å². The molecule has 5 nitrogen and oxygen atoms in total. The van der Waals surface area contributed by atoms with Gasteiger partial charge in [-0.3, -0.25) is 4.79 Å². The molecular formula is C30H33FN2O3. The van der Waals surface area contributed by atoms with Crippen LogP contribution in [0, 0.1) is 5.82 Å². The van der Waals surface area contributed by atoms with E-state index in [9.17, 15) is 14.3 Å². The first kappa shape index (κ1) is 24.3. The van der Waals surface area contributed by atoms with Crippen molar-refractivity contribution in [2.75, 3.05) is 13.1 Å². The highest BCUT2D eigenvalue weighted by atomic mass is 19.1. The number of amides is 1. The van der Waals surface area contributed by atoms with Gasteiger partial charge in [-0.25, -0.2) is 4.39 Å². The Labute approximate surface area is 211 Å². The Kier molecular flexibility index (Phi) is 7.23. The number of nitrogens with zero attached hydrogens (tertiary/aromatic N) is 1. The van der Waals surface area contributed by atoms with Crippen LogP contribution in [0.5, 0.6) is 11.5 Å². The third-order valence-corrected chi connectivity index (χ3v) is 7.43. The summed E-state index contributed by atoms with van der Waals surface area (Å²) in [7, 11) is 0. The molecule has 188 valence electrons. The number of benzene rings is 3. The van der Waals surface area contributed by atoms with E-state index in [1.54, 1.807) is 12.1 Å². The van der Waals surface area contributed by atoms with E-state index in [4.69, 9.17) is 4.74 Å². The van der Waals surface area contributed by atoms with Crippen molar-refractivity contribution in [3.63, 3.8) is 0 Å². The molecule has 0 bridgehead atoms. The normalized spacial score (nSPS) is 20.4. The van der Waals surface area contributed by atoms with Crippen molar-refractivity contribution in [2.24, 2.45) is 0 Å². The van der Waals surface area contributed by atoms with Gasteiger partial charge in [-0.15, -0.1) is 0 Å². The third-order valence-electron chi connectivity index (χ3n) is 7.43. The Morgan fingerprint density at radius 2 is 1.89 bits per heavy atom. The molecule has 2 aliphatic rings. The summed E-state index contributed by atoms with van der Waals surface area (Å²) in [5, 5.41) is 13.6. The quantitative estimate of drug-likeness (QED) is 0.486. The number of ether oxygens (including phenoxy) is 1. The minimum absolute atomic E-state index is 0.0953. The van der Waals surface area contributed by atoms with Crippen molar-refractivity contribution >= 4 is 5.91 Å². The van der Waals surface area contributed by atoms with Gasteiger partial charge in [-0.1, -0.05) is 24.6 Å². The van der Waals surface area contributed by atoms with Gasteiger partial charge in [0.1, 0.15) is 23.4 Å². The Bertz CT molecular complexity index is 1190. The van der Waals surface area contributed by atoms with Crippen LogP contribution in [0.3, 0.4) is 0 Å². The fraction of sp³-hybridized carbons (Fsp3) is 0.367. The highest BCUT2D eigenvalue weighted by Crippen LogP contribution is 2.35. The number of fused-ring (bicyclic) bond motifs is 1. The van der Waals surface area contributed by atoms with Crippen LogP contribution in [0.2, 0.25) is 0 Å². The number of hydrogen-bond acceptors (Lipinski definition) is 4. The number of carbonyl (C=O) groups excluding carboxylic acids is 1. The molecule has 2 heterocycles. The maximum Gasteiger partial charge on any atom is 0.254 e. The monoisotopic (exact) mass is 488 g/mol. The van der Waals surface area contributed by atoms with Gasteiger partial charge in [0, 0.05) is 18.2 Å². The number of phenols is 1. The minimum atomic E-state index is -0.363. The highest BCUT2D eigenvalue weighted by Gasteiger charge is 2.32. The number of piperidine rings is 1. The zero-order valence-corrected chi connectivity index (χ0v) is 20.6. The molecule has 3 aromatic carbocycles. The first-order chi connectivity index (χ1) is 17.5. The lowest BCUT2D eigenvalue weighted by molar-refractivity contribution is 0.0660. The maximum atomic E-state index is 13.4. The summed E-state index contributed by atoms with van der Waals surface area (Å²) in [4.78, 5) is 15.3. The van der Waals surface area contributed by atoms with Crippen molar-refractivity contribution in [3.05, 3.63) is 94.8 Å². The number of rotatable bonds is 6. The molecule has 0 aliphatic carbocycles. The average molecular weight is 489 g/mol. The molecule has 2 aliphatic heterocycles. The van der Waals surface area contributed by atoms with Crippen molar-refractivity contribution in [2.45, 2.75) is 57.2 Å². The van der Waals surface area contributed by atoms with Gasteiger partial charge in [-0.05, 0) is 104 Å². The summed E-state index contributed by atoms with van der Waals surface area (Å²) in [5.74, 6) is 0.590. The van der Waals surface area contributed by atoms with E-state index < -0.39 is 0 Å². The first-order valence-corrected chi connectivity index (χ1v) is 12.9. The lowest BCUT2D eigenvalue weighted by Gasteiger charge is -2.38. The van der Waals surface area contributed by atoms with E-state index in [0.717, 1.165) is 35.4 Å². The van der Waals surface area contributed by atoms with Crippen LogP contribution >= 0.6 is 0 Å².